The van der Waals surface area contributed by atoms with Crippen LogP contribution in [-0.2, 0) is 0 Å². The summed E-state index contributed by atoms with van der Waals surface area (Å²) in [4.78, 5) is 0. The monoisotopic (exact) mass is 293 g/mol. The number of hydrogen-bond acceptors (Lipinski definition) is 1. The van der Waals surface area contributed by atoms with Crippen molar-refractivity contribution in [2.75, 3.05) is 6.54 Å². The molecule has 1 atom stereocenters. The molecule has 0 amide bonds. The SMILES string of the molecule is CCNC(c1ccccc1Cl)C1(CC(C)C)CCCC1. The lowest BCUT2D eigenvalue weighted by atomic mass is 9.70. The van der Waals surface area contributed by atoms with Gasteiger partial charge in [0, 0.05) is 11.1 Å². The van der Waals surface area contributed by atoms with Gasteiger partial charge in [-0.05, 0) is 48.8 Å². The van der Waals surface area contributed by atoms with Crippen molar-refractivity contribution in [3.63, 3.8) is 0 Å². The van der Waals surface area contributed by atoms with Crippen LogP contribution in [0.15, 0.2) is 24.3 Å². The molecular weight excluding hydrogens is 266 g/mol. The van der Waals surface area contributed by atoms with E-state index in [0.29, 0.717) is 11.5 Å². The lowest BCUT2D eigenvalue weighted by Crippen LogP contribution is -2.37. The summed E-state index contributed by atoms with van der Waals surface area (Å²) in [6.07, 6.45) is 6.66. The first-order chi connectivity index (χ1) is 9.59. The van der Waals surface area contributed by atoms with Gasteiger partial charge < -0.3 is 5.32 Å². The van der Waals surface area contributed by atoms with Gasteiger partial charge in [-0.25, -0.2) is 0 Å². The molecule has 0 bridgehead atoms. The Kier molecular flexibility index (Phi) is 5.51. The van der Waals surface area contributed by atoms with E-state index in [1.165, 1.54) is 37.7 Å². The zero-order valence-electron chi connectivity index (χ0n) is 13.1. The predicted octanol–water partition coefficient (Wildman–Crippen LogP) is 5.60. The van der Waals surface area contributed by atoms with Gasteiger partial charge >= 0.3 is 0 Å². The second-order valence-corrected chi connectivity index (χ2v) is 7.09. The van der Waals surface area contributed by atoms with E-state index >= 15 is 0 Å². The maximum Gasteiger partial charge on any atom is 0.0454 e. The zero-order chi connectivity index (χ0) is 14.6. The van der Waals surface area contributed by atoms with Crippen LogP contribution >= 0.6 is 11.6 Å². The summed E-state index contributed by atoms with van der Waals surface area (Å²) in [5, 5.41) is 4.65. The van der Waals surface area contributed by atoms with Crippen LogP contribution in [0.25, 0.3) is 0 Å². The Morgan fingerprint density at radius 2 is 1.85 bits per heavy atom. The minimum absolute atomic E-state index is 0.384. The summed E-state index contributed by atoms with van der Waals surface area (Å²) in [6, 6.07) is 8.77. The topological polar surface area (TPSA) is 12.0 Å². The van der Waals surface area contributed by atoms with Crippen molar-refractivity contribution in [3.8, 4) is 0 Å². The smallest absolute Gasteiger partial charge is 0.0454 e. The van der Waals surface area contributed by atoms with Crippen molar-refractivity contribution in [2.45, 2.75) is 58.9 Å². The summed E-state index contributed by atoms with van der Waals surface area (Å²) in [5.74, 6) is 0.733. The van der Waals surface area contributed by atoms with Gasteiger partial charge in [-0.3, -0.25) is 0 Å². The molecule has 1 aliphatic rings. The molecule has 0 saturated heterocycles. The fourth-order valence-electron chi connectivity index (χ4n) is 4.07. The van der Waals surface area contributed by atoms with Gasteiger partial charge in [0.25, 0.3) is 0 Å². The van der Waals surface area contributed by atoms with Gasteiger partial charge in [0.2, 0.25) is 0 Å². The number of rotatable bonds is 6. The van der Waals surface area contributed by atoms with Crippen LogP contribution in [0.1, 0.15) is 64.5 Å². The summed E-state index contributed by atoms with van der Waals surface area (Å²) in [7, 11) is 0. The molecule has 2 rings (SSSR count). The standard InChI is InChI=1S/C18H28ClN/c1-4-20-17(15-9-5-6-10-16(15)19)18(13-14(2)3)11-7-8-12-18/h5-6,9-10,14,17,20H,4,7-8,11-13H2,1-3H3. The van der Waals surface area contributed by atoms with Gasteiger partial charge in [0.1, 0.15) is 0 Å². The molecular formula is C18H28ClN. The maximum absolute atomic E-state index is 6.49. The van der Waals surface area contributed by atoms with E-state index in [1.807, 2.05) is 12.1 Å². The Morgan fingerprint density at radius 3 is 2.40 bits per heavy atom. The van der Waals surface area contributed by atoms with Crippen LogP contribution in [0.2, 0.25) is 5.02 Å². The molecule has 1 aromatic rings. The average Bonchev–Trinajstić information content (AvgIpc) is 2.85. The second-order valence-electron chi connectivity index (χ2n) is 6.68. The fourth-order valence-corrected chi connectivity index (χ4v) is 4.32. The van der Waals surface area contributed by atoms with E-state index in [0.717, 1.165) is 17.5 Å². The second kappa shape index (κ2) is 6.95. The first kappa shape index (κ1) is 15.9. The molecule has 2 heteroatoms. The van der Waals surface area contributed by atoms with E-state index in [9.17, 15) is 0 Å². The lowest BCUT2D eigenvalue weighted by Gasteiger charge is -2.40. The average molecular weight is 294 g/mol. The molecule has 1 N–H and O–H groups in total. The van der Waals surface area contributed by atoms with Crippen LogP contribution in [0.5, 0.6) is 0 Å². The number of hydrogen-bond donors (Lipinski definition) is 1. The molecule has 1 aromatic carbocycles. The fraction of sp³-hybridized carbons (Fsp3) is 0.667. The van der Waals surface area contributed by atoms with E-state index in [4.69, 9.17) is 11.6 Å². The lowest BCUT2D eigenvalue weighted by molar-refractivity contribution is 0.157. The third-order valence-corrected chi connectivity index (χ3v) is 5.00. The van der Waals surface area contributed by atoms with Crippen LogP contribution < -0.4 is 5.32 Å². The normalized spacial score (nSPS) is 19.4. The zero-order valence-corrected chi connectivity index (χ0v) is 13.8. The summed E-state index contributed by atoms with van der Waals surface area (Å²) in [5.41, 5.74) is 1.67. The Bertz CT molecular complexity index is 421. The molecule has 1 fully saturated rings. The van der Waals surface area contributed by atoms with Crippen molar-refractivity contribution >= 4 is 11.6 Å². The first-order valence-corrected chi connectivity index (χ1v) is 8.44. The van der Waals surface area contributed by atoms with Crippen molar-refractivity contribution in [2.24, 2.45) is 11.3 Å². The number of benzene rings is 1. The highest BCUT2D eigenvalue weighted by Crippen LogP contribution is 2.52. The highest BCUT2D eigenvalue weighted by atomic mass is 35.5. The van der Waals surface area contributed by atoms with Crippen molar-refractivity contribution in [1.29, 1.82) is 0 Å². The predicted molar refractivity (Wildman–Crippen MR) is 88.2 cm³/mol. The van der Waals surface area contributed by atoms with Gasteiger partial charge in [-0.1, -0.05) is 63.4 Å². The minimum atomic E-state index is 0.384. The largest absolute Gasteiger partial charge is 0.310 e. The van der Waals surface area contributed by atoms with E-state index in [2.05, 4.69) is 38.2 Å². The Balaban J connectivity index is 2.37. The first-order valence-electron chi connectivity index (χ1n) is 8.07. The molecule has 1 aliphatic carbocycles. The van der Waals surface area contributed by atoms with Crippen LogP contribution in [-0.4, -0.2) is 6.54 Å². The molecule has 0 heterocycles. The van der Waals surface area contributed by atoms with Gasteiger partial charge in [0.05, 0.1) is 0 Å². The third kappa shape index (κ3) is 3.38. The van der Waals surface area contributed by atoms with Gasteiger partial charge in [-0.2, -0.15) is 0 Å². The van der Waals surface area contributed by atoms with E-state index in [1.54, 1.807) is 0 Å². The highest BCUT2D eigenvalue weighted by Gasteiger charge is 2.42. The van der Waals surface area contributed by atoms with Crippen molar-refractivity contribution in [3.05, 3.63) is 34.9 Å². The Hall–Kier alpha value is -0.530. The molecule has 0 radical (unpaired) electrons. The van der Waals surface area contributed by atoms with Crippen molar-refractivity contribution < 1.29 is 0 Å². The Morgan fingerprint density at radius 1 is 1.20 bits per heavy atom. The molecule has 0 aliphatic heterocycles. The number of nitrogens with one attached hydrogen (secondary N) is 1. The summed E-state index contributed by atoms with van der Waals surface area (Å²) in [6.45, 7) is 7.88. The molecule has 1 saturated carbocycles. The third-order valence-electron chi connectivity index (χ3n) is 4.65. The van der Waals surface area contributed by atoms with Crippen molar-refractivity contribution in [1.82, 2.24) is 5.32 Å². The molecule has 0 aromatic heterocycles. The molecule has 112 valence electrons. The summed E-state index contributed by atoms with van der Waals surface area (Å²) < 4.78 is 0. The van der Waals surface area contributed by atoms with Gasteiger partial charge in [-0.15, -0.1) is 0 Å². The van der Waals surface area contributed by atoms with Crippen LogP contribution in [0.4, 0.5) is 0 Å². The van der Waals surface area contributed by atoms with Crippen LogP contribution in [0, 0.1) is 11.3 Å². The molecule has 20 heavy (non-hydrogen) atoms. The van der Waals surface area contributed by atoms with E-state index < -0.39 is 0 Å². The number of halogens is 1. The molecule has 1 nitrogen and oxygen atoms in total. The highest BCUT2D eigenvalue weighted by molar-refractivity contribution is 6.31. The van der Waals surface area contributed by atoms with Crippen LogP contribution in [0.3, 0.4) is 0 Å². The Labute approximate surface area is 129 Å². The molecule has 0 spiro atoms. The van der Waals surface area contributed by atoms with E-state index in [-0.39, 0.29) is 0 Å². The molecule has 1 unspecified atom stereocenters. The maximum atomic E-state index is 6.49. The minimum Gasteiger partial charge on any atom is -0.310 e. The summed E-state index contributed by atoms with van der Waals surface area (Å²) >= 11 is 6.49. The quantitative estimate of drug-likeness (QED) is 0.720. The van der Waals surface area contributed by atoms with Gasteiger partial charge in [0.15, 0.2) is 0 Å².